The Morgan fingerprint density at radius 3 is 2.85 bits per heavy atom. The van der Waals surface area contributed by atoms with Gasteiger partial charge in [-0.05, 0) is 46.3 Å². The largest absolute Gasteiger partial charge is 0.492 e. The van der Waals surface area contributed by atoms with Crippen molar-refractivity contribution in [2.24, 2.45) is 0 Å². The van der Waals surface area contributed by atoms with Crippen molar-refractivity contribution < 1.29 is 19.1 Å². The Morgan fingerprint density at radius 1 is 1.40 bits per heavy atom. The van der Waals surface area contributed by atoms with Crippen LogP contribution in [0.2, 0.25) is 5.02 Å². The Bertz CT molecular complexity index is 614. The van der Waals surface area contributed by atoms with Crippen LogP contribution in [0.15, 0.2) is 44.3 Å². The predicted molar refractivity (Wildman–Crippen MR) is 81.0 cm³/mol. The van der Waals surface area contributed by atoms with Gasteiger partial charge in [0, 0.05) is 10.8 Å². The smallest absolute Gasteiger partial charge is 0.371 e. The second-order valence-corrected chi connectivity index (χ2v) is 6.09. The summed E-state index contributed by atoms with van der Waals surface area (Å²) >= 11 is 10.6. The molecule has 4 nitrogen and oxygen atoms in total. The van der Waals surface area contributed by atoms with Crippen LogP contribution in [-0.2, 0) is 0 Å². The number of ether oxygens (including phenoxy) is 1. The summed E-state index contributed by atoms with van der Waals surface area (Å²) in [5.41, 5.74) is 0. The summed E-state index contributed by atoms with van der Waals surface area (Å²) in [6, 6.07) is 8.36. The highest BCUT2D eigenvalue weighted by atomic mass is 79.9. The molecule has 7 heteroatoms. The molecule has 1 aromatic heterocycles. The summed E-state index contributed by atoms with van der Waals surface area (Å²) < 4.78 is 11.5. The van der Waals surface area contributed by atoms with E-state index in [0.29, 0.717) is 28.2 Å². The van der Waals surface area contributed by atoms with Crippen molar-refractivity contribution in [2.45, 2.75) is 5.09 Å². The molecule has 0 saturated carbocycles. The third-order valence-corrected chi connectivity index (χ3v) is 4.00. The Hall–Kier alpha value is -1.11. The van der Waals surface area contributed by atoms with Gasteiger partial charge in [0.15, 0.2) is 5.09 Å². The van der Waals surface area contributed by atoms with Gasteiger partial charge in [-0.25, -0.2) is 4.79 Å². The highest BCUT2D eigenvalue weighted by Crippen LogP contribution is 2.28. The van der Waals surface area contributed by atoms with Gasteiger partial charge in [-0.2, -0.15) is 0 Å². The average molecular weight is 378 g/mol. The SMILES string of the molecule is O=C(O)c1ccc(SCCOc2ccc(Cl)cc2Br)o1. The van der Waals surface area contributed by atoms with E-state index in [-0.39, 0.29) is 5.76 Å². The van der Waals surface area contributed by atoms with Crippen molar-refractivity contribution in [2.75, 3.05) is 12.4 Å². The fourth-order valence-electron chi connectivity index (χ4n) is 1.40. The summed E-state index contributed by atoms with van der Waals surface area (Å²) in [6.45, 7) is 0.466. The molecule has 0 saturated heterocycles. The predicted octanol–water partition coefficient (Wildman–Crippen LogP) is 4.56. The Morgan fingerprint density at radius 2 is 2.20 bits per heavy atom. The van der Waals surface area contributed by atoms with Gasteiger partial charge >= 0.3 is 5.97 Å². The van der Waals surface area contributed by atoms with Crippen molar-refractivity contribution in [1.82, 2.24) is 0 Å². The number of carboxylic acid groups (broad SMARTS) is 1. The normalized spacial score (nSPS) is 10.5. The Balaban J connectivity index is 1.79. The third-order valence-electron chi connectivity index (χ3n) is 2.27. The van der Waals surface area contributed by atoms with Gasteiger partial charge in [-0.15, -0.1) is 0 Å². The number of benzene rings is 1. The first kappa shape index (κ1) is 15.3. The lowest BCUT2D eigenvalue weighted by atomic mass is 10.3. The maximum absolute atomic E-state index is 10.7. The molecule has 0 radical (unpaired) electrons. The average Bonchev–Trinajstić information content (AvgIpc) is 2.85. The molecule has 0 spiro atoms. The molecule has 2 aromatic rings. The summed E-state index contributed by atoms with van der Waals surface area (Å²) in [5.74, 6) is 0.217. The van der Waals surface area contributed by atoms with E-state index < -0.39 is 5.97 Å². The number of furan rings is 1. The minimum atomic E-state index is -1.07. The number of hydrogen-bond acceptors (Lipinski definition) is 4. The number of rotatable bonds is 6. The van der Waals surface area contributed by atoms with Crippen LogP contribution in [0.3, 0.4) is 0 Å². The van der Waals surface area contributed by atoms with Crippen molar-refractivity contribution >= 4 is 45.3 Å². The maximum Gasteiger partial charge on any atom is 0.371 e. The molecule has 0 bridgehead atoms. The molecule has 1 aromatic carbocycles. The van der Waals surface area contributed by atoms with Gasteiger partial charge in [0.2, 0.25) is 5.76 Å². The Kier molecular flexibility index (Phi) is 5.39. The zero-order valence-corrected chi connectivity index (χ0v) is 13.3. The number of thioether (sulfide) groups is 1. The minimum absolute atomic E-state index is 0.0612. The van der Waals surface area contributed by atoms with Gasteiger partial charge in [0.05, 0.1) is 11.1 Å². The lowest BCUT2D eigenvalue weighted by Crippen LogP contribution is -2.00. The second kappa shape index (κ2) is 7.06. The van der Waals surface area contributed by atoms with Crippen LogP contribution in [0.5, 0.6) is 5.75 Å². The first-order valence-electron chi connectivity index (χ1n) is 5.60. The maximum atomic E-state index is 10.7. The van der Waals surface area contributed by atoms with E-state index in [1.165, 1.54) is 17.8 Å². The molecule has 0 fully saturated rings. The van der Waals surface area contributed by atoms with Crippen LogP contribution in [0.4, 0.5) is 0 Å². The first-order valence-corrected chi connectivity index (χ1v) is 7.75. The molecule has 20 heavy (non-hydrogen) atoms. The Labute approximate surface area is 133 Å². The van der Waals surface area contributed by atoms with Gasteiger partial charge in [-0.3, -0.25) is 0 Å². The third kappa shape index (κ3) is 4.19. The van der Waals surface area contributed by atoms with Crippen LogP contribution in [0, 0.1) is 0 Å². The second-order valence-electron chi connectivity index (χ2n) is 3.70. The topological polar surface area (TPSA) is 59.7 Å². The summed E-state index contributed by atoms with van der Waals surface area (Å²) in [6.07, 6.45) is 0. The van der Waals surface area contributed by atoms with E-state index in [2.05, 4.69) is 15.9 Å². The highest BCUT2D eigenvalue weighted by molar-refractivity contribution is 9.10. The van der Waals surface area contributed by atoms with Crippen LogP contribution in [0.1, 0.15) is 10.6 Å². The number of hydrogen-bond donors (Lipinski definition) is 1. The van der Waals surface area contributed by atoms with Crippen LogP contribution >= 0.6 is 39.3 Å². The molecule has 1 heterocycles. The lowest BCUT2D eigenvalue weighted by molar-refractivity contribution is 0.0656. The van der Waals surface area contributed by atoms with Crippen LogP contribution in [-0.4, -0.2) is 23.4 Å². The molecule has 0 atom stereocenters. The lowest BCUT2D eigenvalue weighted by Gasteiger charge is -2.07. The standard InChI is InChI=1S/C13H10BrClO4S/c14-9-7-8(15)1-2-10(9)18-5-6-20-12-4-3-11(19-12)13(16)17/h1-4,7H,5-6H2,(H,16,17). The van der Waals surface area contributed by atoms with E-state index in [9.17, 15) is 4.79 Å². The van der Waals surface area contributed by atoms with Gasteiger partial charge in [0.25, 0.3) is 0 Å². The zero-order valence-electron chi connectivity index (χ0n) is 10.1. The summed E-state index contributed by atoms with van der Waals surface area (Å²) in [4.78, 5) is 10.7. The van der Waals surface area contributed by atoms with E-state index in [1.807, 2.05) is 0 Å². The first-order chi connectivity index (χ1) is 9.56. The molecule has 2 rings (SSSR count). The molecule has 0 aliphatic carbocycles. The molecule has 0 aliphatic rings. The van der Waals surface area contributed by atoms with E-state index >= 15 is 0 Å². The van der Waals surface area contributed by atoms with Crippen molar-refractivity contribution in [3.63, 3.8) is 0 Å². The molecule has 0 unspecified atom stereocenters. The molecule has 0 amide bonds. The molecule has 1 N–H and O–H groups in total. The number of carbonyl (C=O) groups is 1. The van der Waals surface area contributed by atoms with E-state index in [4.69, 9.17) is 25.9 Å². The fourth-order valence-corrected chi connectivity index (χ4v) is 2.88. The monoisotopic (exact) mass is 376 g/mol. The van der Waals surface area contributed by atoms with E-state index in [1.54, 1.807) is 24.3 Å². The highest BCUT2D eigenvalue weighted by Gasteiger charge is 2.09. The van der Waals surface area contributed by atoms with Crippen molar-refractivity contribution in [1.29, 1.82) is 0 Å². The van der Waals surface area contributed by atoms with Gasteiger partial charge in [0.1, 0.15) is 5.75 Å². The fraction of sp³-hybridized carbons (Fsp3) is 0.154. The number of halogens is 2. The minimum Gasteiger partial charge on any atom is -0.492 e. The summed E-state index contributed by atoms with van der Waals surface area (Å²) in [7, 11) is 0. The quantitative estimate of drug-likeness (QED) is 0.590. The van der Waals surface area contributed by atoms with Crippen LogP contribution in [0.25, 0.3) is 0 Å². The molecular formula is C13H10BrClO4S. The number of carboxylic acids is 1. The van der Waals surface area contributed by atoms with Gasteiger partial charge < -0.3 is 14.3 Å². The van der Waals surface area contributed by atoms with Crippen molar-refractivity contribution in [3.05, 3.63) is 45.6 Å². The molecule has 0 aliphatic heterocycles. The van der Waals surface area contributed by atoms with Crippen LogP contribution < -0.4 is 4.74 Å². The zero-order chi connectivity index (χ0) is 14.5. The van der Waals surface area contributed by atoms with Gasteiger partial charge in [-0.1, -0.05) is 23.4 Å². The molecule has 106 valence electrons. The van der Waals surface area contributed by atoms with E-state index in [0.717, 1.165) is 4.47 Å². The number of aromatic carboxylic acids is 1. The summed E-state index contributed by atoms with van der Waals surface area (Å²) in [5, 5.41) is 9.92. The molecular weight excluding hydrogens is 368 g/mol. The van der Waals surface area contributed by atoms with Crippen molar-refractivity contribution in [3.8, 4) is 5.75 Å².